The second-order valence-electron chi connectivity index (χ2n) is 8.36. The predicted octanol–water partition coefficient (Wildman–Crippen LogP) is 3.10. The predicted molar refractivity (Wildman–Crippen MR) is 86.4 cm³/mol. The fraction of sp³-hybridized carbons (Fsp3) is 0.650. The maximum atomic E-state index is 11.1. The molecule has 0 spiro atoms. The van der Waals surface area contributed by atoms with E-state index in [4.69, 9.17) is 0 Å². The molecule has 3 heteroatoms. The molecule has 0 heterocycles. The van der Waals surface area contributed by atoms with Crippen molar-refractivity contribution in [3.8, 4) is 4.69 Å². The molecule has 4 unspecified atom stereocenters. The molecule has 4 rings (SSSR count). The van der Waals surface area contributed by atoms with Crippen LogP contribution in [0.3, 0.4) is 0 Å². The van der Waals surface area contributed by atoms with Crippen molar-refractivity contribution in [3.05, 3.63) is 36.0 Å². The molecule has 0 aromatic carbocycles. The average molecular weight is 349 g/mol. The van der Waals surface area contributed by atoms with Crippen LogP contribution in [0.1, 0.15) is 39.5 Å². The number of allylic oxidation sites excluding steroid dienone is 4. The van der Waals surface area contributed by atoms with Crippen LogP contribution in [0, 0.1) is 33.3 Å². The van der Waals surface area contributed by atoms with Crippen molar-refractivity contribution < 1.29 is 25.9 Å². The first-order valence-corrected chi connectivity index (χ1v) is 9.37. The first kappa shape index (κ1) is 15.9. The fourth-order valence-electron chi connectivity index (χ4n) is 5.95. The Labute approximate surface area is 146 Å². The van der Waals surface area contributed by atoms with Crippen molar-refractivity contribution in [2.75, 3.05) is 0 Å². The van der Waals surface area contributed by atoms with E-state index in [1.165, 1.54) is 5.57 Å². The second-order valence-corrected chi connectivity index (χ2v) is 8.68. The zero-order valence-electron chi connectivity index (χ0n) is 13.8. The van der Waals surface area contributed by atoms with Gasteiger partial charge in [-0.25, -0.2) is 0 Å². The monoisotopic (exact) mass is 349 g/mol. The van der Waals surface area contributed by atoms with Crippen LogP contribution in [0.2, 0.25) is 0 Å². The number of fused-ring (bicyclic) bond motifs is 5. The molecule has 0 saturated heterocycles. The van der Waals surface area contributed by atoms with Crippen molar-refractivity contribution in [1.29, 1.82) is 0 Å². The summed E-state index contributed by atoms with van der Waals surface area (Å²) in [5, 5.41) is 21.0. The van der Waals surface area contributed by atoms with Crippen molar-refractivity contribution in [2.45, 2.75) is 51.2 Å². The minimum atomic E-state index is -0.786. The van der Waals surface area contributed by atoms with Crippen LogP contribution in [0.15, 0.2) is 36.0 Å². The normalized spacial score (nSPS) is 53.8. The Kier molecular flexibility index (Phi) is 3.45. The molecule has 123 valence electrons. The summed E-state index contributed by atoms with van der Waals surface area (Å²) in [6.45, 7) is 4.57. The SMILES string of the molecule is C[C@]12C=CC(O)C=C1C=CC1C2CC[C@@]2(C)C1CC[C@@]2(O)[C]#[Cr]. The van der Waals surface area contributed by atoms with Crippen LogP contribution in [-0.2, 0) is 15.7 Å². The number of hydrogen-bond donors (Lipinski definition) is 2. The first-order chi connectivity index (χ1) is 10.8. The summed E-state index contributed by atoms with van der Waals surface area (Å²) in [6.07, 6.45) is 14.3. The summed E-state index contributed by atoms with van der Waals surface area (Å²) in [6, 6.07) is 0. The van der Waals surface area contributed by atoms with Crippen molar-refractivity contribution in [2.24, 2.45) is 28.6 Å². The van der Waals surface area contributed by atoms with Crippen LogP contribution in [0.25, 0.3) is 0 Å². The maximum absolute atomic E-state index is 11.1. The van der Waals surface area contributed by atoms with Crippen molar-refractivity contribution >= 4 is 0 Å². The topological polar surface area (TPSA) is 40.5 Å². The van der Waals surface area contributed by atoms with E-state index in [1.54, 1.807) is 0 Å². The van der Waals surface area contributed by atoms with E-state index >= 15 is 0 Å². The van der Waals surface area contributed by atoms with Gasteiger partial charge in [0.05, 0.1) is 0 Å². The van der Waals surface area contributed by atoms with Crippen molar-refractivity contribution in [1.82, 2.24) is 0 Å². The van der Waals surface area contributed by atoms with Gasteiger partial charge in [0.2, 0.25) is 0 Å². The van der Waals surface area contributed by atoms with E-state index in [2.05, 4.69) is 52.4 Å². The third kappa shape index (κ3) is 1.95. The van der Waals surface area contributed by atoms with Crippen LogP contribution in [0.4, 0.5) is 0 Å². The van der Waals surface area contributed by atoms with Gasteiger partial charge in [-0.15, -0.1) is 0 Å². The van der Waals surface area contributed by atoms with E-state index in [0.717, 1.165) is 25.7 Å². The second kappa shape index (κ2) is 4.98. The molecule has 23 heavy (non-hydrogen) atoms. The number of hydrogen-bond acceptors (Lipinski definition) is 2. The van der Waals surface area contributed by atoms with Gasteiger partial charge in [-0.05, 0) is 0 Å². The van der Waals surface area contributed by atoms with E-state index < -0.39 is 11.7 Å². The summed E-state index contributed by atoms with van der Waals surface area (Å²) in [5.74, 6) is 1.56. The summed E-state index contributed by atoms with van der Waals surface area (Å²) in [5.41, 5.74) is 0.408. The van der Waals surface area contributed by atoms with Gasteiger partial charge in [0.15, 0.2) is 0 Å². The van der Waals surface area contributed by atoms with Gasteiger partial charge in [-0.3, -0.25) is 0 Å². The summed E-state index contributed by atoms with van der Waals surface area (Å²) in [7, 11) is 0. The molecule has 4 aliphatic rings. The Morgan fingerprint density at radius 3 is 2.65 bits per heavy atom. The molecule has 2 nitrogen and oxygen atoms in total. The number of aliphatic hydroxyl groups is 2. The molecule has 2 saturated carbocycles. The minimum absolute atomic E-state index is 0.0203. The van der Waals surface area contributed by atoms with Gasteiger partial charge < -0.3 is 0 Å². The summed E-state index contributed by atoms with van der Waals surface area (Å²) in [4.78, 5) is 0. The Morgan fingerprint density at radius 1 is 1.17 bits per heavy atom. The van der Waals surface area contributed by atoms with Crippen molar-refractivity contribution in [3.63, 3.8) is 0 Å². The van der Waals surface area contributed by atoms with Gasteiger partial charge in [0, 0.05) is 0 Å². The molecule has 0 radical (unpaired) electrons. The summed E-state index contributed by atoms with van der Waals surface area (Å²) < 4.78 is 3.10. The van der Waals surface area contributed by atoms with Gasteiger partial charge in [-0.2, -0.15) is 0 Å². The summed E-state index contributed by atoms with van der Waals surface area (Å²) >= 11 is 2.85. The van der Waals surface area contributed by atoms with Gasteiger partial charge in [0.25, 0.3) is 0 Å². The first-order valence-electron chi connectivity index (χ1n) is 8.74. The fourth-order valence-corrected chi connectivity index (χ4v) is 6.47. The molecule has 0 bridgehead atoms. The van der Waals surface area contributed by atoms with Gasteiger partial charge in [-0.1, -0.05) is 0 Å². The third-order valence-corrected chi connectivity index (χ3v) is 8.06. The Balaban J connectivity index is 1.76. The number of rotatable bonds is 0. The quantitative estimate of drug-likeness (QED) is 0.660. The van der Waals surface area contributed by atoms with Crippen LogP contribution in [-0.4, -0.2) is 21.9 Å². The van der Waals surface area contributed by atoms with Crippen LogP contribution < -0.4 is 0 Å². The average Bonchev–Trinajstić information content (AvgIpc) is 2.80. The van der Waals surface area contributed by atoms with E-state index in [9.17, 15) is 10.2 Å². The van der Waals surface area contributed by atoms with E-state index in [-0.39, 0.29) is 10.8 Å². The Hall–Kier alpha value is -0.548. The molecule has 7 atom stereocenters. The Morgan fingerprint density at radius 2 is 1.91 bits per heavy atom. The number of aliphatic hydroxyl groups excluding tert-OH is 1. The van der Waals surface area contributed by atoms with E-state index in [1.807, 2.05) is 12.2 Å². The van der Waals surface area contributed by atoms with E-state index in [0.29, 0.717) is 17.8 Å². The van der Waals surface area contributed by atoms with Gasteiger partial charge >= 0.3 is 146 Å². The molecule has 2 fully saturated rings. The van der Waals surface area contributed by atoms with Gasteiger partial charge in [0.1, 0.15) is 0 Å². The molecule has 4 aliphatic carbocycles. The zero-order valence-corrected chi connectivity index (χ0v) is 15.1. The van der Waals surface area contributed by atoms with Crippen LogP contribution in [0.5, 0.6) is 0 Å². The molecular weight excluding hydrogens is 324 g/mol. The Bertz CT molecular complexity index is 672. The molecule has 2 N–H and O–H groups in total. The molecular formula is C20H25CrO2. The molecule has 0 amide bonds. The van der Waals surface area contributed by atoms with Crippen LogP contribution >= 0.6 is 0 Å². The zero-order chi connectivity index (χ0) is 16.5. The molecule has 0 aromatic heterocycles. The standard InChI is InChI=1S/C20H25O2.Cr/c1-18-9-6-14(21)12-13(18)4-5-15-16(18)7-10-19(2)17(15)8-11-20(19,3)22;/h4-6,9,12,14-17,21-22H,7-8,10-11H2,1-2H3;/t14?,15?,16?,17?,18-,19-,20-;/m0./s1. The molecule has 0 aromatic rings. The third-order valence-electron chi connectivity index (χ3n) is 7.53. The molecule has 0 aliphatic heterocycles.